The summed E-state index contributed by atoms with van der Waals surface area (Å²) in [6.45, 7) is 2.17. The van der Waals surface area contributed by atoms with Gasteiger partial charge in [0.25, 0.3) is 0 Å². The van der Waals surface area contributed by atoms with E-state index >= 15 is 0 Å². The summed E-state index contributed by atoms with van der Waals surface area (Å²) in [7, 11) is 2.14. The average molecular weight is 329 g/mol. The van der Waals surface area contributed by atoms with Crippen LogP contribution in [0.3, 0.4) is 0 Å². The van der Waals surface area contributed by atoms with Gasteiger partial charge in [0.15, 0.2) is 5.65 Å². The minimum absolute atomic E-state index is 0.448. The summed E-state index contributed by atoms with van der Waals surface area (Å²) in [5.74, 6) is 0.885. The number of pyridine rings is 1. The maximum absolute atomic E-state index is 5.95. The molecule has 1 atom stereocenters. The highest BCUT2D eigenvalue weighted by Crippen LogP contribution is 2.24. The van der Waals surface area contributed by atoms with Crippen LogP contribution < -0.4 is 5.32 Å². The van der Waals surface area contributed by atoms with E-state index in [1.165, 1.54) is 0 Å². The highest BCUT2D eigenvalue weighted by molar-refractivity contribution is 6.30. The lowest BCUT2D eigenvalue weighted by atomic mass is 10.2. The van der Waals surface area contributed by atoms with Gasteiger partial charge < -0.3 is 10.2 Å². The van der Waals surface area contributed by atoms with E-state index in [2.05, 4.69) is 27.3 Å². The quantitative estimate of drug-likeness (QED) is 0.800. The summed E-state index contributed by atoms with van der Waals surface area (Å²) in [4.78, 5) is 11.4. The Bertz CT molecular complexity index is 845. The third kappa shape index (κ3) is 2.87. The molecule has 4 rings (SSSR count). The van der Waals surface area contributed by atoms with Gasteiger partial charge in [-0.25, -0.2) is 14.5 Å². The summed E-state index contributed by atoms with van der Waals surface area (Å²) in [5.41, 5.74) is 2.50. The van der Waals surface area contributed by atoms with Crippen LogP contribution in [0.1, 0.15) is 6.42 Å². The molecule has 0 saturated carbocycles. The molecule has 1 saturated heterocycles. The van der Waals surface area contributed by atoms with Crippen LogP contribution in [-0.2, 0) is 0 Å². The number of hydrogen-bond donors (Lipinski definition) is 1. The number of halogens is 1. The van der Waals surface area contributed by atoms with Crippen molar-refractivity contribution in [3.63, 3.8) is 0 Å². The molecule has 0 spiro atoms. The number of likely N-dealkylation sites (tertiary alicyclic amines) is 1. The molecule has 7 heteroatoms. The van der Waals surface area contributed by atoms with Gasteiger partial charge in [0.2, 0.25) is 0 Å². The van der Waals surface area contributed by atoms with E-state index in [1.807, 2.05) is 18.2 Å². The number of fused-ring (bicyclic) bond motifs is 1. The molecule has 1 aliphatic rings. The Balaban J connectivity index is 1.64. The highest BCUT2D eigenvalue weighted by atomic mass is 35.5. The largest absolute Gasteiger partial charge is 0.366 e. The second-order valence-electron chi connectivity index (χ2n) is 5.90. The second-order valence-corrected chi connectivity index (χ2v) is 6.34. The van der Waals surface area contributed by atoms with Crippen LogP contribution in [0.2, 0.25) is 5.02 Å². The number of nitrogens with zero attached hydrogens (tertiary/aromatic N) is 5. The molecule has 0 aromatic carbocycles. The lowest BCUT2D eigenvalue weighted by Gasteiger charge is -2.14. The summed E-state index contributed by atoms with van der Waals surface area (Å²) in [5, 5.41) is 8.37. The Labute approximate surface area is 139 Å². The number of aromatic nitrogens is 4. The van der Waals surface area contributed by atoms with Gasteiger partial charge in [0.1, 0.15) is 5.82 Å². The summed E-state index contributed by atoms with van der Waals surface area (Å²) < 4.78 is 1.67. The van der Waals surface area contributed by atoms with Crippen LogP contribution >= 0.6 is 11.6 Å². The van der Waals surface area contributed by atoms with Crippen molar-refractivity contribution in [3.8, 4) is 11.3 Å². The molecule has 3 aromatic rings. The van der Waals surface area contributed by atoms with Gasteiger partial charge in [-0.15, -0.1) is 0 Å². The molecule has 3 aromatic heterocycles. The molecule has 0 radical (unpaired) electrons. The first-order valence-electron chi connectivity index (χ1n) is 7.60. The lowest BCUT2D eigenvalue weighted by Crippen LogP contribution is -2.23. The van der Waals surface area contributed by atoms with E-state index in [4.69, 9.17) is 16.6 Å². The number of rotatable bonds is 3. The Morgan fingerprint density at radius 3 is 3.04 bits per heavy atom. The van der Waals surface area contributed by atoms with E-state index < -0.39 is 0 Å². The van der Waals surface area contributed by atoms with Crippen molar-refractivity contribution in [1.82, 2.24) is 24.5 Å². The minimum atomic E-state index is 0.448. The van der Waals surface area contributed by atoms with Crippen molar-refractivity contribution in [1.29, 1.82) is 0 Å². The first-order valence-corrected chi connectivity index (χ1v) is 7.98. The number of nitrogens with one attached hydrogen (secondary N) is 1. The SMILES string of the molecule is CN1CCC(Nc2cccc(-c3cnn4cc(Cl)cnc34)n2)C1. The zero-order valence-corrected chi connectivity index (χ0v) is 13.5. The maximum Gasteiger partial charge on any atom is 0.164 e. The molecule has 1 N–H and O–H groups in total. The zero-order valence-electron chi connectivity index (χ0n) is 12.8. The second kappa shape index (κ2) is 5.79. The van der Waals surface area contributed by atoms with Crippen LogP contribution in [0.15, 0.2) is 36.8 Å². The topological polar surface area (TPSA) is 58.4 Å². The fourth-order valence-electron chi connectivity index (χ4n) is 2.96. The lowest BCUT2D eigenvalue weighted by molar-refractivity contribution is 0.414. The average Bonchev–Trinajstić information content (AvgIpc) is 3.13. The van der Waals surface area contributed by atoms with E-state index in [1.54, 1.807) is 23.1 Å². The molecule has 6 nitrogen and oxygen atoms in total. The van der Waals surface area contributed by atoms with Gasteiger partial charge in [-0.2, -0.15) is 5.10 Å². The molecule has 0 amide bonds. The molecular formula is C16H17ClN6. The van der Waals surface area contributed by atoms with Crippen molar-refractivity contribution >= 4 is 23.1 Å². The molecular weight excluding hydrogens is 312 g/mol. The van der Waals surface area contributed by atoms with Crippen molar-refractivity contribution in [2.45, 2.75) is 12.5 Å². The third-order valence-electron chi connectivity index (χ3n) is 4.09. The van der Waals surface area contributed by atoms with Crippen LogP contribution in [0.5, 0.6) is 0 Å². The van der Waals surface area contributed by atoms with Crippen molar-refractivity contribution < 1.29 is 0 Å². The number of hydrogen-bond acceptors (Lipinski definition) is 5. The summed E-state index contributed by atoms with van der Waals surface area (Å²) in [6, 6.07) is 6.42. The fourth-order valence-corrected chi connectivity index (χ4v) is 3.10. The smallest absolute Gasteiger partial charge is 0.164 e. The molecule has 4 heterocycles. The normalized spacial score (nSPS) is 18.6. The van der Waals surface area contributed by atoms with Gasteiger partial charge in [0.05, 0.1) is 28.7 Å². The van der Waals surface area contributed by atoms with E-state index in [9.17, 15) is 0 Å². The van der Waals surface area contributed by atoms with Crippen molar-refractivity contribution in [3.05, 3.63) is 41.8 Å². The maximum atomic E-state index is 5.95. The van der Waals surface area contributed by atoms with Crippen molar-refractivity contribution in [2.24, 2.45) is 0 Å². The van der Waals surface area contributed by atoms with Gasteiger partial charge in [-0.05, 0) is 32.1 Å². The number of likely N-dealkylation sites (N-methyl/N-ethyl adjacent to an activating group) is 1. The molecule has 0 aliphatic carbocycles. The molecule has 0 bridgehead atoms. The standard InChI is InChI=1S/C16H17ClN6/c1-22-6-5-12(10-22)20-15-4-2-3-14(21-15)13-8-19-23-9-11(17)7-18-16(13)23/h2-4,7-9,12H,5-6,10H2,1H3,(H,20,21). The molecule has 23 heavy (non-hydrogen) atoms. The van der Waals surface area contributed by atoms with Gasteiger partial charge in [-0.1, -0.05) is 17.7 Å². The minimum Gasteiger partial charge on any atom is -0.366 e. The van der Waals surface area contributed by atoms with E-state index in [0.29, 0.717) is 11.1 Å². The first-order chi connectivity index (χ1) is 11.2. The molecule has 1 unspecified atom stereocenters. The van der Waals surface area contributed by atoms with Crippen LogP contribution in [-0.4, -0.2) is 50.7 Å². The predicted molar refractivity (Wildman–Crippen MR) is 90.8 cm³/mol. The Kier molecular flexibility index (Phi) is 3.63. The summed E-state index contributed by atoms with van der Waals surface area (Å²) >= 11 is 5.95. The van der Waals surface area contributed by atoms with Gasteiger partial charge in [-0.3, -0.25) is 0 Å². The van der Waals surface area contributed by atoms with Crippen LogP contribution in [0, 0.1) is 0 Å². The molecule has 118 valence electrons. The van der Waals surface area contributed by atoms with E-state index in [0.717, 1.165) is 42.2 Å². The zero-order chi connectivity index (χ0) is 15.8. The molecule has 1 fully saturated rings. The van der Waals surface area contributed by atoms with Crippen LogP contribution in [0.4, 0.5) is 5.82 Å². The fraction of sp³-hybridized carbons (Fsp3) is 0.312. The predicted octanol–water partition coefficient (Wildman–Crippen LogP) is 2.56. The highest BCUT2D eigenvalue weighted by Gasteiger charge is 2.19. The van der Waals surface area contributed by atoms with Gasteiger partial charge >= 0.3 is 0 Å². The van der Waals surface area contributed by atoms with Crippen molar-refractivity contribution in [2.75, 3.05) is 25.5 Å². The third-order valence-corrected chi connectivity index (χ3v) is 4.29. The Morgan fingerprint density at radius 2 is 2.22 bits per heavy atom. The number of anilines is 1. The Hall–Kier alpha value is -2.18. The monoisotopic (exact) mass is 328 g/mol. The van der Waals surface area contributed by atoms with E-state index in [-0.39, 0.29) is 0 Å². The Morgan fingerprint density at radius 1 is 1.30 bits per heavy atom. The molecule has 1 aliphatic heterocycles. The first kappa shape index (κ1) is 14.4. The van der Waals surface area contributed by atoms with Crippen LogP contribution in [0.25, 0.3) is 16.9 Å². The van der Waals surface area contributed by atoms with Gasteiger partial charge in [0, 0.05) is 18.8 Å². The summed E-state index contributed by atoms with van der Waals surface area (Å²) in [6.07, 6.45) is 6.27.